The second kappa shape index (κ2) is 8.05. The quantitative estimate of drug-likeness (QED) is 0.276. The van der Waals surface area contributed by atoms with Gasteiger partial charge in [-0.1, -0.05) is 13.2 Å². The summed E-state index contributed by atoms with van der Waals surface area (Å²) in [7, 11) is 0. The fourth-order valence-electron chi connectivity index (χ4n) is 0.789. The van der Waals surface area contributed by atoms with Crippen LogP contribution in [0.25, 0.3) is 0 Å². The van der Waals surface area contributed by atoms with Crippen LogP contribution >= 0.6 is 0 Å². The highest BCUT2D eigenvalue weighted by molar-refractivity contribution is 5.87. The van der Waals surface area contributed by atoms with Gasteiger partial charge < -0.3 is 14.2 Å². The predicted octanol–water partition coefficient (Wildman–Crippen LogP) is 0.767. The monoisotopic (exact) mass is 256 g/mol. The van der Waals surface area contributed by atoms with E-state index in [4.69, 9.17) is 9.47 Å². The normalized spacial score (nSPS) is 9.50. The van der Waals surface area contributed by atoms with E-state index in [0.717, 1.165) is 0 Å². The molecule has 0 bridgehead atoms. The van der Waals surface area contributed by atoms with Crippen LogP contribution in [0.3, 0.4) is 0 Å². The van der Waals surface area contributed by atoms with Crippen molar-refractivity contribution in [3.63, 3.8) is 0 Å². The van der Waals surface area contributed by atoms with E-state index in [9.17, 15) is 14.4 Å². The molecule has 100 valence electrons. The zero-order chi connectivity index (χ0) is 14.1. The third-order valence-electron chi connectivity index (χ3n) is 1.75. The third-order valence-corrected chi connectivity index (χ3v) is 1.75. The summed E-state index contributed by atoms with van der Waals surface area (Å²) in [5.41, 5.74) is 0.442. The van der Waals surface area contributed by atoms with E-state index in [0.29, 0.717) is 0 Å². The van der Waals surface area contributed by atoms with Crippen molar-refractivity contribution >= 4 is 18.4 Å². The molecule has 6 heteroatoms. The van der Waals surface area contributed by atoms with Crippen molar-refractivity contribution in [1.29, 1.82) is 0 Å². The second-order valence-electron chi connectivity index (χ2n) is 3.61. The molecular formula is C12H16O6. The molecule has 0 heterocycles. The van der Waals surface area contributed by atoms with Crippen molar-refractivity contribution in [2.24, 2.45) is 0 Å². The number of ether oxygens (including phenoxy) is 3. The Balaban J connectivity index is 4.18. The van der Waals surface area contributed by atoms with Crippen LogP contribution in [0.2, 0.25) is 0 Å². The third kappa shape index (κ3) is 6.47. The Morgan fingerprint density at radius 1 is 1.06 bits per heavy atom. The molecule has 18 heavy (non-hydrogen) atoms. The highest BCUT2D eigenvalue weighted by atomic mass is 16.6. The van der Waals surface area contributed by atoms with E-state index in [-0.39, 0.29) is 30.8 Å². The summed E-state index contributed by atoms with van der Waals surface area (Å²) in [6.45, 7) is 9.52. The Morgan fingerprint density at radius 2 is 1.44 bits per heavy atom. The van der Waals surface area contributed by atoms with Crippen LogP contribution in [-0.4, -0.2) is 37.7 Å². The standard InChI is InChI=1S/C12H16O6/c1-8(2)11(14)16-5-10(18-7-13)6-17-12(15)9(3)4/h7,10H,1,3,5-6H2,2,4H3. The number of rotatable bonds is 8. The first-order valence-corrected chi connectivity index (χ1v) is 5.12. The lowest BCUT2D eigenvalue weighted by Gasteiger charge is -2.15. The molecule has 0 atom stereocenters. The minimum atomic E-state index is -0.853. The van der Waals surface area contributed by atoms with E-state index in [1.54, 1.807) is 0 Å². The van der Waals surface area contributed by atoms with E-state index in [1.807, 2.05) is 0 Å². The Bertz CT molecular complexity index is 328. The predicted molar refractivity (Wildman–Crippen MR) is 62.5 cm³/mol. The highest BCUT2D eigenvalue weighted by Gasteiger charge is 2.16. The molecule has 0 aliphatic carbocycles. The average Bonchev–Trinajstić information content (AvgIpc) is 2.31. The van der Waals surface area contributed by atoms with Crippen molar-refractivity contribution in [3.05, 3.63) is 24.3 Å². The lowest BCUT2D eigenvalue weighted by Crippen LogP contribution is -2.28. The van der Waals surface area contributed by atoms with E-state index >= 15 is 0 Å². The summed E-state index contributed by atoms with van der Waals surface area (Å²) in [6.07, 6.45) is -0.853. The van der Waals surface area contributed by atoms with Gasteiger partial charge in [0.2, 0.25) is 0 Å². The van der Waals surface area contributed by atoms with Crippen LogP contribution in [0, 0.1) is 0 Å². The van der Waals surface area contributed by atoms with Gasteiger partial charge >= 0.3 is 11.9 Å². The number of carbonyl (C=O) groups is 3. The number of esters is 2. The molecule has 0 N–H and O–H groups in total. The Morgan fingerprint density at radius 3 is 1.72 bits per heavy atom. The highest BCUT2D eigenvalue weighted by Crippen LogP contribution is 2.00. The SMILES string of the molecule is C=C(C)C(=O)OCC(COC(=O)C(=C)C)OC=O. The average molecular weight is 256 g/mol. The maximum absolute atomic E-state index is 11.1. The molecule has 0 saturated carbocycles. The van der Waals surface area contributed by atoms with Crippen LogP contribution in [0.15, 0.2) is 24.3 Å². The van der Waals surface area contributed by atoms with Gasteiger partial charge in [0.15, 0.2) is 6.10 Å². The maximum atomic E-state index is 11.1. The fraction of sp³-hybridized carbons (Fsp3) is 0.417. The van der Waals surface area contributed by atoms with E-state index in [1.165, 1.54) is 13.8 Å². The van der Waals surface area contributed by atoms with Gasteiger partial charge in [0, 0.05) is 11.1 Å². The van der Waals surface area contributed by atoms with Gasteiger partial charge in [-0.2, -0.15) is 0 Å². The molecule has 0 unspecified atom stereocenters. The largest absolute Gasteiger partial charge is 0.458 e. The zero-order valence-electron chi connectivity index (χ0n) is 10.4. The molecule has 0 amide bonds. The lowest BCUT2D eigenvalue weighted by atomic mass is 10.3. The molecule has 0 radical (unpaired) electrons. The van der Waals surface area contributed by atoms with Crippen LogP contribution in [0.4, 0.5) is 0 Å². The smallest absolute Gasteiger partial charge is 0.333 e. The number of hydrogen-bond donors (Lipinski definition) is 0. The molecule has 0 aromatic heterocycles. The summed E-state index contributed by atoms with van der Waals surface area (Å²) in [4.78, 5) is 32.5. The Kier molecular flexibility index (Phi) is 7.11. The number of carbonyl (C=O) groups excluding carboxylic acids is 3. The fourth-order valence-corrected chi connectivity index (χ4v) is 0.789. The molecule has 0 aromatic rings. The van der Waals surface area contributed by atoms with Gasteiger partial charge in [0.25, 0.3) is 6.47 Å². The summed E-state index contributed by atoms with van der Waals surface area (Å²) in [6, 6.07) is 0. The van der Waals surface area contributed by atoms with Gasteiger partial charge in [-0.05, 0) is 13.8 Å². The summed E-state index contributed by atoms with van der Waals surface area (Å²) < 4.78 is 14.2. The summed E-state index contributed by atoms with van der Waals surface area (Å²) in [5, 5.41) is 0. The first kappa shape index (κ1) is 15.9. The van der Waals surface area contributed by atoms with Crippen LogP contribution < -0.4 is 0 Å². The molecule has 0 fully saturated rings. The van der Waals surface area contributed by atoms with E-state index < -0.39 is 18.0 Å². The van der Waals surface area contributed by atoms with Gasteiger partial charge in [-0.25, -0.2) is 9.59 Å². The minimum absolute atomic E-state index is 0.188. The molecule has 0 saturated heterocycles. The molecule has 0 aliphatic heterocycles. The first-order valence-electron chi connectivity index (χ1n) is 5.12. The van der Waals surface area contributed by atoms with Crippen LogP contribution in [0.5, 0.6) is 0 Å². The zero-order valence-corrected chi connectivity index (χ0v) is 10.4. The topological polar surface area (TPSA) is 78.9 Å². The molecule has 0 aliphatic rings. The lowest BCUT2D eigenvalue weighted by molar-refractivity contribution is -0.156. The Labute approximate surface area is 105 Å². The first-order chi connectivity index (χ1) is 8.38. The minimum Gasteiger partial charge on any atom is -0.458 e. The van der Waals surface area contributed by atoms with Gasteiger partial charge in [0.05, 0.1) is 0 Å². The van der Waals surface area contributed by atoms with Crippen molar-refractivity contribution in [2.75, 3.05) is 13.2 Å². The van der Waals surface area contributed by atoms with Crippen molar-refractivity contribution in [2.45, 2.75) is 20.0 Å². The summed E-state index contributed by atoms with van der Waals surface area (Å²) in [5.74, 6) is -1.22. The van der Waals surface area contributed by atoms with Crippen LogP contribution in [-0.2, 0) is 28.6 Å². The Hall–Kier alpha value is -2.11. The van der Waals surface area contributed by atoms with E-state index in [2.05, 4.69) is 17.9 Å². The molecule has 6 nitrogen and oxygen atoms in total. The van der Waals surface area contributed by atoms with Crippen LogP contribution in [0.1, 0.15) is 13.8 Å². The van der Waals surface area contributed by atoms with Crippen molar-refractivity contribution < 1.29 is 28.6 Å². The van der Waals surface area contributed by atoms with Gasteiger partial charge in [-0.3, -0.25) is 4.79 Å². The molecular weight excluding hydrogens is 240 g/mol. The molecule has 0 rings (SSSR count). The van der Waals surface area contributed by atoms with Crippen molar-refractivity contribution in [3.8, 4) is 0 Å². The second-order valence-corrected chi connectivity index (χ2v) is 3.61. The van der Waals surface area contributed by atoms with Crippen molar-refractivity contribution in [1.82, 2.24) is 0 Å². The molecule has 0 aromatic carbocycles. The van der Waals surface area contributed by atoms with Gasteiger partial charge in [0.1, 0.15) is 13.2 Å². The maximum Gasteiger partial charge on any atom is 0.333 e. The number of hydrogen-bond acceptors (Lipinski definition) is 6. The molecule has 0 spiro atoms. The summed E-state index contributed by atoms with van der Waals surface area (Å²) >= 11 is 0. The van der Waals surface area contributed by atoms with Gasteiger partial charge in [-0.15, -0.1) is 0 Å².